The summed E-state index contributed by atoms with van der Waals surface area (Å²) in [5, 5.41) is 0. The number of rotatable bonds is 3. The molecule has 2 saturated carbocycles. The summed E-state index contributed by atoms with van der Waals surface area (Å²) in [6, 6.07) is 0.295. The molecule has 0 aromatic carbocycles. The van der Waals surface area contributed by atoms with Gasteiger partial charge in [-0.2, -0.15) is 0 Å². The fourth-order valence-corrected chi connectivity index (χ4v) is 4.45. The molecule has 1 heterocycles. The highest BCUT2D eigenvalue weighted by Crippen LogP contribution is 2.34. The predicted molar refractivity (Wildman–Crippen MR) is 81.9 cm³/mol. The first kappa shape index (κ1) is 14.9. The standard InChI is InChI=1S/C17H28N2O2/c1-2-15-16(20)19(14-11-7-4-8-12-14)17(21)18(15)13-9-5-3-6-10-13/h13-15H,2-12H2,1H3. The van der Waals surface area contributed by atoms with Crippen LogP contribution >= 0.6 is 0 Å². The fraction of sp³-hybridized carbons (Fsp3) is 0.882. The Labute approximate surface area is 127 Å². The van der Waals surface area contributed by atoms with E-state index in [1.807, 2.05) is 11.8 Å². The van der Waals surface area contributed by atoms with E-state index in [9.17, 15) is 9.59 Å². The second-order valence-electron chi connectivity index (χ2n) is 6.91. The minimum atomic E-state index is -0.192. The van der Waals surface area contributed by atoms with Crippen molar-refractivity contribution in [1.29, 1.82) is 0 Å². The smallest absolute Gasteiger partial charge is 0.309 e. The van der Waals surface area contributed by atoms with Gasteiger partial charge in [0.1, 0.15) is 6.04 Å². The molecule has 2 aliphatic carbocycles. The summed E-state index contributed by atoms with van der Waals surface area (Å²) in [5.41, 5.74) is 0. The Balaban J connectivity index is 1.79. The molecule has 4 nitrogen and oxygen atoms in total. The summed E-state index contributed by atoms with van der Waals surface area (Å²) in [7, 11) is 0. The zero-order chi connectivity index (χ0) is 14.8. The number of urea groups is 1. The molecule has 1 atom stereocenters. The molecule has 4 heteroatoms. The van der Waals surface area contributed by atoms with Crippen molar-refractivity contribution in [3.8, 4) is 0 Å². The number of nitrogens with zero attached hydrogens (tertiary/aromatic N) is 2. The number of amides is 3. The molecule has 3 fully saturated rings. The summed E-state index contributed by atoms with van der Waals surface area (Å²) in [4.78, 5) is 29.3. The largest absolute Gasteiger partial charge is 0.327 e. The van der Waals surface area contributed by atoms with Gasteiger partial charge in [-0.1, -0.05) is 45.4 Å². The van der Waals surface area contributed by atoms with Gasteiger partial charge in [0.25, 0.3) is 5.91 Å². The first-order valence-electron chi connectivity index (χ1n) is 8.89. The minimum Gasteiger partial charge on any atom is -0.309 e. The van der Waals surface area contributed by atoms with E-state index in [-0.39, 0.29) is 24.0 Å². The van der Waals surface area contributed by atoms with E-state index >= 15 is 0 Å². The van der Waals surface area contributed by atoms with Gasteiger partial charge in [0.05, 0.1) is 0 Å². The average Bonchev–Trinajstić information content (AvgIpc) is 2.79. The van der Waals surface area contributed by atoms with Gasteiger partial charge >= 0.3 is 6.03 Å². The number of hydrogen-bond donors (Lipinski definition) is 0. The molecule has 21 heavy (non-hydrogen) atoms. The van der Waals surface area contributed by atoms with E-state index in [1.54, 1.807) is 4.90 Å². The van der Waals surface area contributed by atoms with Crippen molar-refractivity contribution in [3.05, 3.63) is 0 Å². The molecule has 1 aliphatic heterocycles. The summed E-state index contributed by atoms with van der Waals surface area (Å²) < 4.78 is 0. The van der Waals surface area contributed by atoms with Gasteiger partial charge in [-0.25, -0.2) is 4.79 Å². The Morgan fingerprint density at radius 1 is 0.857 bits per heavy atom. The second kappa shape index (κ2) is 6.37. The van der Waals surface area contributed by atoms with E-state index in [4.69, 9.17) is 0 Å². The van der Waals surface area contributed by atoms with Crippen molar-refractivity contribution < 1.29 is 9.59 Å². The molecule has 0 aromatic heterocycles. The lowest BCUT2D eigenvalue weighted by atomic mass is 9.93. The third-order valence-corrected chi connectivity index (χ3v) is 5.58. The van der Waals surface area contributed by atoms with Crippen LogP contribution in [0.1, 0.15) is 77.6 Å². The molecule has 118 valence electrons. The highest BCUT2D eigenvalue weighted by atomic mass is 16.2. The lowest BCUT2D eigenvalue weighted by Gasteiger charge is -2.34. The van der Waals surface area contributed by atoms with Crippen molar-refractivity contribution >= 4 is 11.9 Å². The van der Waals surface area contributed by atoms with E-state index in [1.165, 1.54) is 25.7 Å². The number of carbonyl (C=O) groups excluding carboxylic acids is 2. The van der Waals surface area contributed by atoms with Crippen LogP contribution in [-0.4, -0.2) is 39.9 Å². The van der Waals surface area contributed by atoms with Gasteiger partial charge in [-0.15, -0.1) is 0 Å². The number of imide groups is 1. The summed E-state index contributed by atoms with van der Waals surface area (Å²) >= 11 is 0. The highest BCUT2D eigenvalue weighted by Gasteiger charge is 2.49. The molecule has 0 bridgehead atoms. The second-order valence-corrected chi connectivity index (χ2v) is 6.91. The molecule has 0 N–H and O–H groups in total. The third kappa shape index (κ3) is 2.69. The first-order valence-corrected chi connectivity index (χ1v) is 8.89. The van der Waals surface area contributed by atoms with E-state index in [0.29, 0.717) is 6.04 Å². The fourth-order valence-electron chi connectivity index (χ4n) is 4.45. The Bertz CT molecular complexity index is 398. The van der Waals surface area contributed by atoms with Crippen LogP contribution in [-0.2, 0) is 4.79 Å². The molecule has 3 aliphatic rings. The number of hydrogen-bond acceptors (Lipinski definition) is 2. The van der Waals surface area contributed by atoms with Crippen LogP contribution in [0.3, 0.4) is 0 Å². The SMILES string of the molecule is CCC1C(=O)N(C2CCCCC2)C(=O)N1C1CCCCC1. The summed E-state index contributed by atoms with van der Waals surface area (Å²) in [6.45, 7) is 2.04. The Hall–Kier alpha value is -1.06. The maximum atomic E-state index is 12.9. The lowest BCUT2D eigenvalue weighted by Crippen LogP contribution is -2.45. The monoisotopic (exact) mass is 292 g/mol. The Morgan fingerprint density at radius 2 is 1.38 bits per heavy atom. The minimum absolute atomic E-state index is 0.0191. The molecular formula is C17H28N2O2. The van der Waals surface area contributed by atoms with Crippen LogP contribution in [0.25, 0.3) is 0 Å². The molecular weight excluding hydrogens is 264 g/mol. The highest BCUT2D eigenvalue weighted by molar-refractivity contribution is 6.04. The summed E-state index contributed by atoms with van der Waals surface area (Å²) in [5.74, 6) is 0.0833. The van der Waals surface area contributed by atoms with Crippen LogP contribution < -0.4 is 0 Å². The van der Waals surface area contributed by atoms with Crippen molar-refractivity contribution in [3.63, 3.8) is 0 Å². The average molecular weight is 292 g/mol. The normalized spacial score (nSPS) is 29.5. The van der Waals surface area contributed by atoms with Crippen molar-refractivity contribution in [2.24, 2.45) is 0 Å². The van der Waals surface area contributed by atoms with Gasteiger partial charge in [0, 0.05) is 12.1 Å². The van der Waals surface area contributed by atoms with Crippen LogP contribution in [0.15, 0.2) is 0 Å². The van der Waals surface area contributed by atoms with Crippen LogP contribution in [0.4, 0.5) is 4.79 Å². The van der Waals surface area contributed by atoms with E-state index in [0.717, 1.165) is 44.9 Å². The maximum absolute atomic E-state index is 12.9. The van der Waals surface area contributed by atoms with Gasteiger partial charge in [0.2, 0.25) is 0 Å². The van der Waals surface area contributed by atoms with Gasteiger partial charge in [-0.05, 0) is 32.1 Å². The van der Waals surface area contributed by atoms with Gasteiger partial charge in [0.15, 0.2) is 0 Å². The molecule has 0 spiro atoms. The predicted octanol–water partition coefficient (Wildman–Crippen LogP) is 3.69. The van der Waals surface area contributed by atoms with Crippen molar-refractivity contribution in [2.45, 2.75) is 95.7 Å². The molecule has 3 rings (SSSR count). The lowest BCUT2D eigenvalue weighted by molar-refractivity contribution is -0.130. The first-order chi connectivity index (χ1) is 10.2. The maximum Gasteiger partial charge on any atom is 0.327 e. The zero-order valence-electron chi connectivity index (χ0n) is 13.2. The van der Waals surface area contributed by atoms with Crippen molar-refractivity contribution in [2.75, 3.05) is 0 Å². The van der Waals surface area contributed by atoms with Gasteiger partial charge < -0.3 is 4.90 Å². The quantitative estimate of drug-likeness (QED) is 0.744. The van der Waals surface area contributed by atoms with E-state index in [2.05, 4.69) is 0 Å². The molecule has 0 aromatic rings. The number of carbonyl (C=O) groups is 2. The third-order valence-electron chi connectivity index (χ3n) is 5.58. The Morgan fingerprint density at radius 3 is 1.90 bits per heavy atom. The van der Waals surface area contributed by atoms with Gasteiger partial charge in [-0.3, -0.25) is 9.69 Å². The Kier molecular flexibility index (Phi) is 4.51. The van der Waals surface area contributed by atoms with E-state index < -0.39 is 0 Å². The zero-order valence-corrected chi connectivity index (χ0v) is 13.2. The van der Waals surface area contributed by atoms with Crippen LogP contribution in [0.2, 0.25) is 0 Å². The van der Waals surface area contributed by atoms with Crippen LogP contribution in [0, 0.1) is 0 Å². The molecule has 0 radical (unpaired) electrons. The summed E-state index contributed by atoms with van der Waals surface area (Å²) in [6.07, 6.45) is 12.1. The molecule has 1 unspecified atom stereocenters. The molecule has 3 amide bonds. The molecule has 1 saturated heterocycles. The van der Waals surface area contributed by atoms with Crippen molar-refractivity contribution in [1.82, 2.24) is 9.80 Å². The topological polar surface area (TPSA) is 40.6 Å². The van der Waals surface area contributed by atoms with Crippen LogP contribution in [0.5, 0.6) is 0 Å².